The van der Waals surface area contributed by atoms with E-state index in [-0.39, 0.29) is 6.42 Å². The van der Waals surface area contributed by atoms with Crippen LogP contribution in [-0.2, 0) is 4.79 Å². The molecule has 11 heavy (non-hydrogen) atoms. The number of carbonyl (C=O) groups is 1. The third kappa shape index (κ3) is 3.67. The van der Waals surface area contributed by atoms with Crippen molar-refractivity contribution in [1.82, 2.24) is 5.43 Å². The standard InChI is InChI=1S/C5H6N4O2/c1-2-3-4(5(10)11)7-9-8-6/h1,4,7H,3H2,(H,10,11). The third-order valence-electron chi connectivity index (χ3n) is 0.878. The largest absolute Gasteiger partial charge is 0.478 e. The molecule has 0 aromatic carbocycles. The fraction of sp³-hybridized carbons (Fsp3) is 0.400. The van der Waals surface area contributed by atoms with E-state index in [4.69, 9.17) is 17.1 Å². The van der Waals surface area contributed by atoms with Crippen molar-refractivity contribution in [1.29, 1.82) is 0 Å². The maximum atomic E-state index is 10.3. The van der Waals surface area contributed by atoms with E-state index in [1.807, 2.05) is 5.43 Å². The molecule has 6 heteroatoms. The number of aliphatic carboxylic acids is 1. The van der Waals surface area contributed by atoms with Gasteiger partial charge in [-0.1, -0.05) is 0 Å². The molecule has 0 aromatic heterocycles. The zero-order valence-electron chi connectivity index (χ0n) is 5.56. The molecule has 2 N–H and O–H groups in total. The van der Waals surface area contributed by atoms with Gasteiger partial charge in [0.05, 0.1) is 6.42 Å². The summed E-state index contributed by atoms with van der Waals surface area (Å²) in [5, 5.41) is 11.3. The molecule has 58 valence electrons. The Balaban J connectivity index is 4.01. The van der Waals surface area contributed by atoms with E-state index in [0.29, 0.717) is 0 Å². The predicted molar refractivity (Wildman–Crippen MR) is 37.2 cm³/mol. The molecule has 1 unspecified atom stereocenters. The zero-order chi connectivity index (χ0) is 8.69. The van der Waals surface area contributed by atoms with Crippen LogP contribution in [0.1, 0.15) is 6.42 Å². The number of carboxylic acid groups (broad SMARTS) is 1. The summed E-state index contributed by atoms with van der Waals surface area (Å²) in [6.07, 6.45) is 4.83. The van der Waals surface area contributed by atoms with Crippen molar-refractivity contribution in [3.8, 4) is 12.3 Å². The highest BCUT2D eigenvalue weighted by Crippen LogP contribution is 1.89. The molecular formula is C5H6N4O2. The van der Waals surface area contributed by atoms with E-state index in [9.17, 15) is 4.79 Å². The number of rotatable bonds is 4. The molecule has 0 radical (unpaired) electrons. The molecule has 0 saturated carbocycles. The van der Waals surface area contributed by atoms with Gasteiger partial charge in [-0.25, -0.2) is 10.2 Å². The molecule has 0 aromatic rings. The summed E-state index contributed by atoms with van der Waals surface area (Å²) in [5.41, 5.74) is 9.85. The smallest absolute Gasteiger partial charge is 0.350 e. The minimum Gasteiger partial charge on any atom is -0.478 e. The number of hydrogen-bond donors (Lipinski definition) is 2. The van der Waals surface area contributed by atoms with Gasteiger partial charge < -0.3 is 5.11 Å². The second-order valence-corrected chi connectivity index (χ2v) is 1.62. The quantitative estimate of drug-likeness (QED) is 0.200. The number of carboxylic acids is 1. The first-order chi connectivity index (χ1) is 5.22. The molecule has 0 amide bonds. The molecule has 0 rings (SSSR count). The van der Waals surface area contributed by atoms with Crippen molar-refractivity contribution in [3.05, 3.63) is 10.4 Å². The van der Waals surface area contributed by atoms with Crippen LogP contribution < -0.4 is 5.43 Å². The van der Waals surface area contributed by atoms with E-state index < -0.39 is 12.0 Å². The van der Waals surface area contributed by atoms with Crippen LogP contribution >= 0.6 is 0 Å². The van der Waals surface area contributed by atoms with E-state index in [1.54, 1.807) is 0 Å². The number of nitrogens with one attached hydrogen (secondary N) is 1. The van der Waals surface area contributed by atoms with Gasteiger partial charge in [-0.15, -0.1) is 17.9 Å². The van der Waals surface area contributed by atoms with E-state index in [0.717, 1.165) is 0 Å². The highest BCUT2D eigenvalue weighted by Gasteiger charge is 2.17. The Labute approximate surface area is 62.8 Å². The summed E-state index contributed by atoms with van der Waals surface area (Å²) in [7, 11) is 0. The maximum Gasteiger partial charge on any atom is 0.350 e. The van der Waals surface area contributed by atoms with Gasteiger partial charge in [0, 0.05) is 0 Å². The van der Waals surface area contributed by atoms with E-state index >= 15 is 0 Å². The number of azide groups is 1. The van der Waals surface area contributed by atoms with E-state index in [1.165, 1.54) is 0 Å². The van der Waals surface area contributed by atoms with Crippen LogP contribution in [0.5, 0.6) is 0 Å². The fourth-order valence-corrected chi connectivity index (χ4v) is 0.402. The highest BCUT2D eigenvalue weighted by atomic mass is 16.4. The van der Waals surface area contributed by atoms with Gasteiger partial charge in [0.15, 0.2) is 0 Å². The zero-order valence-corrected chi connectivity index (χ0v) is 5.56. The topological polar surface area (TPSA) is 98.1 Å². The molecule has 0 heterocycles. The first-order valence-corrected chi connectivity index (χ1v) is 2.68. The summed E-state index contributed by atoms with van der Waals surface area (Å²) >= 11 is 0. The minimum atomic E-state index is -1.14. The van der Waals surface area contributed by atoms with Crippen LogP contribution in [0.2, 0.25) is 0 Å². The van der Waals surface area contributed by atoms with Gasteiger partial charge in [0.2, 0.25) is 6.04 Å². The van der Waals surface area contributed by atoms with Crippen molar-refractivity contribution in [2.24, 2.45) is 5.22 Å². The Bertz CT molecular complexity index is 225. The van der Waals surface area contributed by atoms with Crippen LogP contribution in [0.15, 0.2) is 5.22 Å². The summed E-state index contributed by atoms with van der Waals surface area (Å²) in [5.74, 6) is 0.988. The molecule has 0 spiro atoms. The summed E-state index contributed by atoms with van der Waals surface area (Å²) in [6, 6.07) is -1.00. The lowest BCUT2D eigenvalue weighted by Crippen LogP contribution is -2.32. The maximum absolute atomic E-state index is 10.3. The summed E-state index contributed by atoms with van der Waals surface area (Å²) in [4.78, 5) is 12.6. The van der Waals surface area contributed by atoms with Gasteiger partial charge in [-0.2, -0.15) is 4.91 Å². The highest BCUT2D eigenvalue weighted by molar-refractivity contribution is 5.73. The monoisotopic (exact) mass is 154 g/mol. The van der Waals surface area contributed by atoms with Crippen LogP contribution in [0.3, 0.4) is 0 Å². The van der Waals surface area contributed by atoms with Crippen molar-refractivity contribution in [2.45, 2.75) is 12.5 Å². The molecule has 6 nitrogen and oxygen atoms in total. The van der Waals surface area contributed by atoms with Gasteiger partial charge in [-0.3, -0.25) is 0 Å². The molecule has 1 atom stereocenters. The molecule has 0 aliphatic carbocycles. The second kappa shape index (κ2) is 4.97. The Hall–Kier alpha value is -1.86. The molecule has 0 aliphatic rings. The Morgan fingerprint density at radius 1 is 2.00 bits per heavy atom. The summed E-state index contributed by atoms with van der Waals surface area (Å²) < 4.78 is 0. The average Bonchev–Trinajstić information content (AvgIpc) is 1.97. The van der Waals surface area contributed by atoms with Crippen molar-refractivity contribution in [3.63, 3.8) is 0 Å². The lowest BCUT2D eigenvalue weighted by atomic mass is 10.2. The first kappa shape index (κ1) is 9.14. The molecule has 0 saturated heterocycles. The number of nitrogens with zero attached hydrogens (tertiary/aromatic N) is 3. The lowest BCUT2D eigenvalue weighted by molar-refractivity contribution is -0.139. The Morgan fingerprint density at radius 2 is 2.64 bits per heavy atom. The number of terminal acetylenes is 1. The average molecular weight is 154 g/mol. The SMILES string of the molecule is C#CCC(NN=[N+]=[N-])C(=O)O. The summed E-state index contributed by atoms with van der Waals surface area (Å²) in [6.45, 7) is 0. The van der Waals surface area contributed by atoms with Gasteiger partial charge in [-0.05, 0) is 5.22 Å². The molecule has 0 aliphatic heterocycles. The predicted octanol–water partition coefficient (Wildman–Crippen LogP) is 0.278. The molecular weight excluding hydrogens is 148 g/mol. The molecule has 0 bridgehead atoms. The van der Waals surface area contributed by atoms with Crippen LogP contribution in [0.25, 0.3) is 10.4 Å². The second-order valence-electron chi connectivity index (χ2n) is 1.62. The van der Waals surface area contributed by atoms with Crippen molar-refractivity contribution < 1.29 is 9.90 Å². The first-order valence-electron chi connectivity index (χ1n) is 2.68. The molecule has 0 fully saturated rings. The van der Waals surface area contributed by atoms with Gasteiger partial charge in [0.25, 0.3) is 0 Å². The number of hydrogen-bond acceptors (Lipinski definition) is 2. The minimum absolute atomic E-state index is 0.0195. The van der Waals surface area contributed by atoms with Crippen LogP contribution in [-0.4, -0.2) is 17.1 Å². The normalized spacial score (nSPS) is 10.5. The Morgan fingerprint density at radius 3 is 3.00 bits per heavy atom. The van der Waals surface area contributed by atoms with Crippen molar-refractivity contribution in [2.75, 3.05) is 0 Å². The van der Waals surface area contributed by atoms with Crippen LogP contribution in [0.4, 0.5) is 0 Å². The van der Waals surface area contributed by atoms with Gasteiger partial charge in [0.1, 0.15) is 0 Å². The lowest BCUT2D eigenvalue weighted by Gasteiger charge is -2.01. The van der Waals surface area contributed by atoms with Crippen molar-refractivity contribution >= 4 is 5.97 Å². The third-order valence-corrected chi connectivity index (χ3v) is 0.878. The Kier molecular flexibility index (Phi) is 4.13. The van der Waals surface area contributed by atoms with E-state index in [2.05, 4.69) is 16.1 Å². The van der Waals surface area contributed by atoms with Gasteiger partial charge >= 0.3 is 5.97 Å². The van der Waals surface area contributed by atoms with Crippen LogP contribution in [0, 0.1) is 12.3 Å². The fourth-order valence-electron chi connectivity index (χ4n) is 0.402.